The lowest BCUT2D eigenvalue weighted by Gasteiger charge is -2.18. The molecular weight excluding hydrogens is 841 g/mol. The number of hydrogen-bond donors (Lipinski definition) is 0. The SMILES string of the molecule is CC\C=C/C=C\C=C/C=C\C=C\C=C/C=C\CCCCCC(=O)OCC(COC(=O)CCCCCCCCC\C=C/C=C\C=C/CC)OC(=O)CCCCCCCCCCCCCCCCCC. The number of unbranched alkanes of at least 4 members (excludes halogenated alkanes) is 25. The number of carbonyl (C=O) groups excluding carboxylic acids is 3. The fourth-order valence-electron chi connectivity index (χ4n) is 7.37. The molecule has 0 rings (SSSR count). The minimum absolute atomic E-state index is 0.101. The van der Waals surface area contributed by atoms with Crippen LogP contribution in [0.15, 0.2) is 122 Å². The number of carbonyl (C=O) groups is 3. The van der Waals surface area contributed by atoms with Crippen molar-refractivity contribution in [2.24, 2.45) is 0 Å². The van der Waals surface area contributed by atoms with E-state index in [4.69, 9.17) is 14.2 Å². The fourth-order valence-corrected chi connectivity index (χ4v) is 7.37. The second kappa shape index (κ2) is 55.4. The van der Waals surface area contributed by atoms with Crippen molar-refractivity contribution in [3.05, 3.63) is 122 Å². The molecule has 0 fully saturated rings. The van der Waals surface area contributed by atoms with E-state index in [1.807, 2.05) is 72.9 Å². The first-order valence-corrected chi connectivity index (χ1v) is 27.7. The van der Waals surface area contributed by atoms with Crippen LogP contribution in [0.25, 0.3) is 0 Å². The van der Waals surface area contributed by atoms with Gasteiger partial charge in [0.2, 0.25) is 0 Å². The summed E-state index contributed by atoms with van der Waals surface area (Å²) < 4.78 is 16.8. The van der Waals surface area contributed by atoms with Gasteiger partial charge in [0.05, 0.1) is 0 Å². The van der Waals surface area contributed by atoms with E-state index in [-0.39, 0.29) is 31.1 Å². The van der Waals surface area contributed by atoms with Crippen LogP contribution in [0.2, 0.25) is 0 Å². The maximum absolute atomic E-state index is 12.8. The molecule has 1 unspecified atom stereocenters. The molecule has 0 aliphatic rings. The number of allylic oxidation sites excluding steroid dienone is 20. The first-order valence-electron chi connectivity index (χ1n) is 27.7. The molecule has 0 amide bonds. The van der Waals surface area contributed by atoms with Crippen LogP contribution in [0.5, 0.6) is 0 Å². The van der Waals surface area contributed by atoms with Crippen LogP contribution < -0.4 is 0 Å². The average Bonchev–Trinajstić information content (AvgIpc) is 3.34. The molecule has 0 aromatic heterocycles. The quantitative estimate of drug-likeness (QED) is 0.0262. The van der Waals surface area contributed by atoms with E-state index in [1.54, 1.807) is 0 Å². The summed E-state index contributed by atoms with van der Waals surface area (Å²) in [7, 11) is 0. The molecule has 0 aromatic rings. The Hall–Kier alpha value is -4.19. The predicted molar refractivity (Wildman–Crippen MR) is 293 cm³/mol. The summed E-state index contributed by atoms with van der Waals surface area (Å²) >= 11 is 0. The molecule has 0 aliphatic heterocycles. The predicted octanol–water partition coefficient (Wildman–Crippen LogP) is 18.5. The molecule has 384 valence electrons. The highest BCUT2D eigenvalue weighted by molar-refractivity contribution is 5.71. The van der Waals surface area contributed by atoms with E-state index in [1.165, 1.54) is 109 Å². The minimum atomic E-state index is -0.804. The van der Waals surface area contributed by atoms with E-state index < -0.39 is 6.10 Å². The van der Waals surface area contributed by atoms with Crippen LogP contribution in [0.4, 0.5) is 0 Å². The fraction of sp³-hybridized carbons (Fsp3) is 0.629. The smallest absolute Gasteiger partial charge is 0.306 e. The van der Waals surface area contributed by atoms with Gasteiger partial charge in [-0.05, 0) is 57.8 Å². The van der Waals surface area contributed by atoms with Gasteiger partial charge in [-0.1, -0.05) is 277 Å². The topological polar surface area (TPSA) is 78.9 Å². The summed E-state index contributed by atoms with van der Waals surface area (Å²) in [6.45, 7) is 6.32. The normalized spacial score (nSPS) is 13.0. The highest BCUT2D eigenvalue weighted by Crippen LogP contribution is 2.15. The van der Waals surface area contributed by atoms with E-state index in [0.717, 1.165) is 83.5 Å². The first kappa shape index (κ1) is 63.8. The Morgan fingerprint density at radius 3 is 0.912 bits per heavy atom. The Morgan fingerprint density at radius 1 is 0.309 bits per heavy atom. The van der Waals surface area contributed by atoms with E-state index >= 15 is 0 Å². The molecule has 0 aliphatic carbocycles. The second-order valence-electron chi connectivity index (χ2n) is 18.0. The van der Waals surface area contributed by atoms with E-state index in [0.29, 0.717) is 19.3 Å². The zero-order valence-corrected chi connectivity index (χ0v) is 43.8. The molecule has 0 heterocycles. The van der Waals surface area contributed by atoms with Gasteiger partial charge in [-0.25, -0.2) is 0 Å². The number of hydrogen-bond acceptors (Lipinski definition) is 6. The zero-order valence-electron chi connectivity index (χ0n) is 43.8. The molecule has 0 radical (unpaired) electrons. The van der Waals surface area contributed by atoms with Crippen LogP contribution in [0.1, 0.15) is 233 Å². The molecule has 0 saturated heterocycles. The third-order valence-electron chi connectivity index (χ3n) is 11.5. The van der Waals surface area contributed by atoms with Crippen molar-refractivity contribution in [3.63, 3.8) is 0 Å². The highest BCUT2D eigenvalue weighted by atomic mass is 16.6. The number of esters is 3. The average molecular weight is 941 g/mol. The van der Waals surface area contributed by atoms with Gasteiger partial charge in [0.15, 0.2) is 6.10 Å². The first-order chi connectivity index (χ1) is 33.5. The van der Waals surface area contributed by atoms with Gasteiger partial charge >= 0.3 is 17.9 Å². The summed E-state index contributed by atoms with van der Waals surface area (Å²) in [5.74, 6) is -0.958. The van der Waals surface area contributed by atoms with Crippen molar-refractivity contribution in [1.29, 1.82) is 0 Å². The molecule has 6 heteroatoms. The van der Waals surface area contributed by atoms with Gasteiger partial charge in [0.25, 0.3) is 0 Å². The van der Waals surface area contributed by atoms with Gasteiger partial charge < -0.3 is 14.2 Å². The molecule has 0 aromatic carbocycles. The Labute approximate surface area is 418 Å². The lowest BCUT2D eigenvalue weighted by Crippen LogP contribution is -2.30. The van der Waals surface area contributed by atoms with E-state index in [9.17, 15) is 14.4 Å². The molecule has 0 bridgehead atoms. The Bertz CT molecular complexity index is 1450. The van der Waals surface area contributed by atoms with E-state index in [2.05, 4.69) is 69.4 Å². The van der Waals surface area contributed by atoms with Crippen LogP contribution in [0.3, 0.4) is 0 Å². The van der Waals surface area contributed by atoms with Crippen LogP contribution in [0, 0.1) is 0 Å². The number of ether oxygens (including phenoxy) is 3. The van der Waals surface area contributed by atoms with Gasteiger partial charge in [-0.15, -0.1) is 0 Å². The van der Waals surface area contributed by atoms with Gasteiger partial charge in [0, 0.05) is 19.3 Å². The zero-order chi connectivity index (χ0) is 49.3. The summed E-state index contributed by atoms with van der Waals surface area (Å²) in [5, 5.41) is 0. The lowest BCUT2D eigenvalue weighted by molar-refractivity contribution is -0.167. The maximum atomic E-state index is 12.8. The molecule has 0 saturated carbocycles. The summed E-state index contributed by atoms with van der Waals surface area (Å²) in [6.07, 6.45) is 76.0. The van der Waals surface area contributed by atoms with Crippen molar-refractivity contribution in [2.45, 2.75) is 239 Å². The van der Waals surface area contributed by atoms with Crippen molar-refractivity contribution in [3.8, 4) is 0 Å². The molecule has 6 nitrogen and oxygen atoms in total. The summed E-state index contributed by atoms with van der Waals surface area (Å²) in [4.78, 5) is 38.1. The summed E-state index contributed by atoms with van der Waals surface area (Å²) in [5.41, 5.74) is 0. The molecule has 68 heavy (non-hydrogen) atoms. The monoisotopic (exact) mass is 941 g/mol. The van der Waals surface area contributed by atoms with Crippen molar-refractivity contribution < 1.29 is 28.6 Å². The van der Waals surface area contributed by atoms with Crippen LogP contribution >= 0.6 is 0 Å². The maximum Gasteiger partial charge on any atom is 0.306 e. The van der Waals surface area contributed by atoms with Gasteiger partial charge in [0.1, 0.15) is 13.2 Å². The van der Waals surface area contributed by atoms with Gasteiger partial charge in [-0.2, -0.15) is 0 Å². The molecular formula is C62H100O6. The Morgan fingerprint density at radius 2 is 0.574 bits per heavy atom. The van der Waals surface area contributed by atoms with Crippen molar-refractivity contribution >= 4 is 17.9 Å². The molecule has 1 atom stereocenters. The Kier molecular flexibility index (Phi) is 52.0. The standard InChI is InChI=1S/C62H100O6/c1-4-7-10-13-16-19-22-25-28-30-31-32-35-37-40-43-46-49-52-55-61(64)67-58-59(57-66-60(63)54-51-48-45-42-39-36-33-27-24-21-18-15-12-9-6-3)68-62(65)56-53-50-47-44-41-38-34-29-26-23-20-17-14-11-8-5-2/h7,9-10,12-13,15-16,18-19,21-22,24-25,28,30-32,35,37,40,59H,4-6,8,11,14,17,20,23,26-27,29,33-34,36,38-39,41-58H2,1-3H3/b10-7-,12-9-,16-13-,18-15-,22-19-,24-21-,28-25-,31-30+,35-32-,40-37-. The van der Waals surface area contributed by atoms with Crippen molar-refractivity contribution in [1.82, 2.24) is 0 Å². The second-order valence-corrected chi connectivity index (χ2v) is 18.0. The largest absolute Gasteiger partial charge is 0.462 e. The third-order valence-corrected chi connectivity index (χ3v) is 11.5. The van der Waals surface area contributed by atoms with Crippen LogP contribution in [-0.2, 0) is 28.6 Å². The summed E-state index contributed by atoms with van der Waals surface area (Å²) in [6, 6.07) is 0. The third kappa shape index (κ3) is 52.8. The van der Waals surface area contributed by atoms with Gasteiger partial charge in [-0.3, -0.25) is 14.4 Å². The Balaban J connectivity index is 4.51. The van der Waals surface area contributed by atoms with Crippen molar-refractivity contribution in [2.75, 3.05) is 13.2 Å². The van der Waals surface area contributed by atoms with Crippen LogP contribution in [-0.4, -0.2) is 37.2 Å². The highest BCUT2D eigenvalue weighted by Gasteiger charge is 2.19. The molecule has 0 spiro atoms. The minimum Gasteiger partial charge on any atom is -0.462 e. The number of rotatable bonds is 48. The molecule has 0 N–H and O–H groups in total. The lowest BCUT2D eigenvalue weighted by atomic mass is 10.0.